The first-order valence-electron chi connectivity index (χ1n) is 6.04. The lowest BCUT2D eigenvalue weighted by Crippen LogP contribution is -2.34. The summed E-state index contributed by atoms with van der Waals surface area (Å²) in [5, 5.41) is 9.77. The molecule has 1 aliphatic rings. The number of hydrogen-bond donors (Lipinski definition) is 2. The van der Waals surface area contributed by atoms with Gasteiger partial charge in [0, 0.05) is 25.2 Å². The average molecular weight is 270 g/mol. The van der Waals surface area contributed by atoms with Crippen molar-refractivity contribution in [3.63, 3.8) is 0 Å². The predicted octanol–water partition coefficient (Wildman–Crippen LogP) is 0.470. The van der Waals surface area contributed by atoms with Gasteiger partial charge in [0.1, 0.15) is 0 Å². The highest BCUT2D eigenvalue weighted by molar-refractivity contribution is 7.89. The maximum Gasteiger partial charge on any atom is 0.260 e. The van der Waals surface area contributed by atoms with Crippen LogP contribution >= 0.6 is 0 Å². The van der Waals surface area contributed by atoms with E-state index < -0.39 is 10.0 Å². The van der Waals surface area contributed by atoms with Crippen LogP contribution in [0.2, 0.25) is 0 Å². The van der Waals surface area contributed by atoms with Crippen molar-refractivity contribution in [1.29, 1.82) is 0 Å². The highest BCUT2D eigenvalue weighted by Gasteiger charge is 2.28. The summed E-state index contributed by atoms with van der Waals surface area (Å²) in [7, 11) is -3.46. The third-order valence-corrected chi connectivity index (χ3v) is 4.74. The lowest BCUT2D eigenvalue weighted by Gasteiger charge is -2.22. The SMILES string of the molecule is CCNCc1cn[nH]c1S(=O)(=O)N1CC=CCC1. The minimum Gasteiger partial charge on any atom is -0.313 e. The molecule has 1 aromatic rings. The summed E-state index contributed by atoms with van der Waals surface area (Å²) < 4.78 is 26.3. The molecule has 7 heteroatoms. The van der Waals surface area contributed by atoms with Crippen LogP contribution in [-0.4, -0.2) is 42.6 Å². The smallest absolute Gasteiger partial charge is 0.260 e. The highest BCUT2D eigenvalue weighted by atomic mass is 32.2. The van der Waals surface area contributed by atoms with E-state index in [1.54, 1.807) is 6.20 Å². The van der Waals surface area contributed by atoms with Crippen molar-refractivity contribution < 1.29 is 8.42 Å². The molecular weight excluding hydrogens is 252 g/mol. The van der Waals surface area contributed by atoms with Crippen molar-refractivity contribution in [1.82, 2.24) is 19.8 Å². The van der Waals surface area contributed by atoms with Crippen molar-refractivity contribution in [2.24, 2.45) is 0 Å². The second kappa shape index (κ2) is 5.64. The monoisotopic (exact) mass is 270 g/mol. The number of aromatic amines is 1. The quantitative estimate of drug-likeness (QED) is 0.762. The molecule has 0 radical (unpaired) electrons. The van der Waals surface area contributed by atoms with Crippen LogP contribution in [0.3, 0.4) is 0 Å². The number of aromatic nitrogens is 2. The largest absolute Gasteiger partial charge is 0.313 e. The van der Waals surface area contributed by atoms with E-state index in [0.717, 1.165) is 13.0 Å². The molecular formula is C11H18N4O2S. The van der Waals surface area contributed by atoms with Gasteiger partial charge < -0.3 is 5.32 Å². The Labute approximate surface area is 107 Å². The summed E-state index contributed by atoms with van der Waals surface area (Å²) in [5.41, 5.74) is 0.686. The molecule has 2 heterocycles. The molecule has 0 fully saturated rings. The fourth-order valence-electron chi connectivity index (χ4n) is 1.88. The average Bonchev–Trinajstić information content (AvgIpc) is 2.86. The van der Waals surface area contributed by atoms with Gasteiger partial charge >= 0.3 is 0 Å². The van der Waals surface area contributed by atoms with Gasteiger partial charge in [0.25, 0.3) is 10.0 Å². The normalized spacial score (nSPS) is 17.2. The number of hydrogen-bond acceptors (Lipinski definition) is 4. The molecule has 6 nitrogen and oxygen atoms in total. The minimum atomic E-state index is -3.46. The Morgan fingerprint density at radius 1 is 1.50 bits per heavy atom. The summed E-state index contributed by atoms with van der Waals surface area (Å²) in [6, 6.07) is 0. The van der Waals surface area contributed by atoms with E-state index in [4.69, 9.17) is 0 Å². The first-order chi connectivity index (χ1) is 8.66. The maximum atomic E-state index is 12.4. The van der Waals surface area contributed by atoms with Gasteiger partial charge in [0.15, 0.2) is 5.03 Å². The Kier molecular flexibility index (Phi) is 4.15. The van der Waals surface area contributed by atoms with Crippen molar-refractivity contribution in [2.45, 2.75) is 24.9 Å². The lowest BCUT2D eigenvalue weighted by atomic mass is 10.3. The molecule has 0 amide bonds. The zero-order chi connectivity index (χ0) is 13.0. The second-order valence-electron chi connectivity index (χ2n) is 4.13. The Morgan fingerprint density at radius 2 is 2.33 bits per heavy atom. The molecule has 1 aromatic heterocycles. The van der Waals surface area contributed by atoms with E-state index in [2.05, 4.69) is 15.5 Å². The molecule has 2 N–H and O–H groups in total. The zero-order valence-electron chi connectivity index (χ0n) is 10.4. The van der Waals surface area contributed by atoms with Crippen molar-refractivity contribution >= 4 is 10.0 Å². The summed E-state index contributed by atoms with van der Waals surface area (Å²) in [6.07, 6.45) is 6.20. The molecule has 0 atom stereocenters. The molecule has 0 saturated carbocycles. The topological polar surface area (TPSA) is 78.1 Å². The van der Waals surface area contributed by atoms with Crippen LogP contribution < -0.4 is 5.32 Å². The van der Waals surface area contributed by atoms with Crippen LogP contribution in [0.5, 0.6) is 0 Å². The molecule has 0 unspecified atom stereocenters. The summed E-state index contributed by atoms with van der Waals surface area (Å²) in [4.78, 5) is 0. The molecule has 0 aliphatic carbocycles. The van der Waals surface area contributed by atoms with Gasteiger partial charge in [-0.25, -0.2) is 8.42 Å². The van der Waals surface area contributed by atoms with Crippen LogP contribution in [0.1, 0.15) is 18.9 Å². The molecule has 0 aromatic carbocycles. The standard InChI is InChI=1S/C11H18N4O2S/c1-2-12-8-10-9-13-14-11(10)18(16,17)15-6-4-3-5-7-15/h3-4,9,12H,2,5-8H2,1H3,(H,13,14). The zero-order valence-corrected chi connectivity index (χ0v) is 11.2. The lowest BCUT2D eigenvalue weighted by molar-refractivity contribution is 0.434. The van der Waals surface area contributed by atoms with Gasteiger partial charge in [-0.15, -0.1) is 0 Å². The number of sulfonamides is 1. The third-order valence-electron chi connectivity index (χ3n) is 2.86. The maximum absolute atomic E-state index is 12.4. The van der Waals surface area contributed by atoms with Crippen LogP contribution in [0.25, 0.3) is 0 Å². The molecule has 0 saturated heterocycles. The fraction of sp³-hybridized carbons (Fsp3) is 0.545. The number of rotatable bonds is 5. The van der Waals surface area contributed by atoms with Gasteiger partial charge in [0.05, 0.1) is 6.20 Å². The summed E-state index contributed by atoms with van der Waals surface area (Å²) in [6.45, 7) is 4.23. The Balaban J connectivity index is 2.24. The first kappa shape index (κ1) is 13.3. The molecule has 0 bridgehead atoms. The molecule has 100 valence electrons. The Hall–Kier alpha value is -1.18. The number of H-pyrrole nitrogens is 1. The number of nitrogens with zero attached hydrogens (tertiary/aromatic N) is 2. The first-order valence-corrected chi connectivity index (χ1v) is 7.48. The van der Waals surface area contributed by atoms with Crippen LogP contribution in [0.15, 0.2) is 23.4 Å². The van der Waals surface area contributed by atoms with Crippen LogP contribution in [0.4, 0.5) is 0 Å². The highest BCUT2D eigenvalue weighted by Crippen LogP contribution is 2.19. The van der Waals surface area contributed by atoms with Gasteiger partial charge in [-0.3, -0.25) is 5.10 Å². The van der Waals surface area contributed by atoms with E-state index in [9.17, 15) is 8.42 Å². The van der Waals surface area contributed by atoms with E-state index in [1.165, 1.54) is 4.31 Å². The van der Waals surface area contributed by atoms with Crippen molar-refractivity contribution in [3.8, 4) is 0 Å². The van der Waals surface area contributed by atoms with Crippen molar-refractivity contribution in [3.05, 3.63) is 23.9 Å². The molecule has 1 aliphatic heterocycles. The van der Waals surface area contributed by atoms with Gasteiger partial charge in [-0.05, 0) is 13.0 Å². The van der Waals surface area contributed by atoms with Crippen LogP contribution in [-0.2, 0) is 16.6 Å². The van der Waals surface area contributed by atoms with Gasteiger partial charge in [-0.2, -0.15) is 9.40 Å². The Morgan fingerprint density at radius 3 is 3.00 bits per heavy atom. The van der Waals surface area contributed by atoms with E-state index in [1.807, 2.05) is 19.1 Å². The molecule has 2 rings (SSSR count). The third kappa shape index (κ3) is 2.63. The van der Waals surface area contributed by atoms with Gasteiger partial charge in [-0.1, -0.05) is 19.1 Å². The van der Waals surface area contributed by atoms with Crippen molar-refractivity contribution in [2.75, 3.05) is 19.6 Å². The molecule has 0 spiro atoms. The fourth-order valence-corrected chi connectivity index (χ4v) is 3.39. The van der Waals surface area contributed by atoms with E-state index in [0.29, 0.717) is 25.2 Å². The Bertz CT molecular complexity index is 521. The minimum absolute atomic E-state index is 0.207. The second-order valence-corrected chi connectivity index (χ2v) is 6.00. The number of nitrogens with one attached hydrogen (secondary N) is 2. The van der Waals surface area contributed by atoms with Gasteiger partial charge in [0.2, 0.25) is 0 Å². The predicted molar refractivity (Wildman–Crippen MR) is 68.5 cm³/mol. The summed E-state index contributed by atoms with van der Waals surface area (Å²) >= 11 is 0. The van der Waals surface area contributed by atoms with E-state index >= 15 is 0 Å². The van der Waals surface area contributed by atoms with E-state index in [-0.39, 0.29) is 5.03 Å². The molecule has 18 heavy (non-hydrogen) atoms. The summed E-state index contributed by atoms with van der Waals surface area (Å²) in [5.74, 6) is 0. The van der Waals surface area contributed by atoms with Crippen LogP contribution in [0, 0.1) is 0 Å².